The van der Waals surface area contributed by atoms with Gasteiger partial charge in [-0.15, -0.1) is 0 Å². The van der Waals surface area contributed by atoms with Crippen LogP contribution in [0.4, 0.5) is 15.8 Å². The van der Waals surface area contributed by atoms with Crippen LogP contribution in [0.1, 0.15) is 25.3 Å². The number of nitrogens with zero attached hydrogens (tertiary/aromatic N) is 1. The Bertz CT molecular complexity index is 420. The Kier molecular flexibility index (Phi) is 4.07. The van der Waals surface area contributed by atoms with Crippen LogP contribution in [-0.4, -0.2) is 30.6 Å². The minimum atomic E-state index is -0.239. The van der Waals surface area contributed by atoms with Crippen molar-refractivity contribution in [2.24, 2.45) is 0 Å². The van der Waals surface area contributed by atoms with Gasteiger partial charge in [0.25, 0.3) is 0 Å². The molecule has 1 heterocycles. The fraction of sp³-hybridized carbons (Fsp3) is 0.571. The van der Waals surface area contributed by atoms with Gasteiger partial charge in [0, 0.05) is 12.6 Å². The number of likely N-dealkylation sites (tertiary alicyclic amines) is 1. The maximum absolute atomic E-state index is 13.3. The molecule has 4 heteroatoms. The lowest BCUT2D eigenvalue weighted by atomic mass is 10.0. The Labute approximate surface area is 108 Å². The van der Waals surface area contributed by atoms with Crippen LogP contribution in [-0.2, 0) is 0 Å². The van der Waals surface area contributed by atoms with Crippen molar-refractivity contribution in [1.82, 2.24) is 4.90 Å². The fourth-order valence-electron chi connectivity index (χ4n) is 2.50. The predicted molar refractivity (Wildman–Crippen MR) is 74.3 cm³/mol. The predicted octanol–water partition coefficient (Wildman–Crippen LogP) is 2.61. The molecule has 2 rings (SSSR count). The van der Waals surface area contributed by atoms with Crippen molar-refractivity contribution in [3.05, 3.63) is 23.5 Å². The Balaban J connectivity index is 2.07. The van der Waals surface area contributed by atoms with E-state index < -0.39 is 0 Å². The summed E-state index contributed by atoms with van der Waals surface area (Å²) in [5.74, 6) is -0.239. The van der Waals surface area contributed by atoms with E-state index in [0.717, 1.165) is 25.2 Å². The van der Waals surface area contributed by atoms with Gasteiger partial charge < -0.3 is 16.0 Å². The van der Waals surface area contributed by atoms with E-state index in [1.807, 2.05) is 0 Å². The molecule has 1 saturated heterocycles. The summed E-state index contributed by atoms with van der Waals surface area (Å²) in [6.07, 6.45) is 2.35. The van der Waals surface area contributed by atoms with Crippen molar-refractivity contribution in [2.75, 3.05) is 30.7 Å². The van der Waals surface area contributed by atoms with Gasteiger partial charge in [-0.25, -0.2) is 4.39 Å². The van der Waals surface area contributed by atoms with Crippen LogP contribution < -0.4 is 11.1 Å². The highest BCUT2D eigenvalue weighted by Gasteiger charge is 2.19. The molecule has 3 nitrogen and oxygen atoms in total. The molecular weight excluding hydrogens is 229 g/mol. The molecule has 1 aliphatic heterocycles. The van der Waals surface area contributed by atoms with Crippen LogP contribution in [0, 0.1) is 12.7 Å². The van der Waals surface area contributed by atoms with Crippen LogP contribution >= 0.6 is 0 Å². The van der Waals surface area contributed by atoms with Gasteiger partial charge in [0.1, 0.15) is 5.82 Å². The second kappa shape index (κ2) is 5.57. The Morgan fingerprint density at radius 3 is 3.00 bits per heavy atom. The first-order valence-electron chi connectivity index (χ1n) is 6.64. The average molecular weight is 251 g/mol. The Hall–Kier alpha value is -1.29. The van der Waals surface area contributed by atoms with Crippen LogP contribution in [0.3, 0.4) is 0 Å². The highest BCUT2D eigenvalue weighted by molar-refractivity contribution is 5.67. The first-order chi connectivity index (χ1) is 8.60. The van der Waals surface area contributed by atoms with E-state index in [9.17, 15) is 4.39 Å². The number of hydrogen-bond acceptors (Lipinski definition) is 3. The number of benzene rings is 1. The number of halogens is 1. The summed E-state index contributed by atoms with van der Waals surface area (Å²) < 4.78 is 13.3. The largest absolute Gasteiger partial charge is 0.397 e. The molecule has 0 spiro atoms. The third-order valence-electron chi connectivity index (χ3n) is 3.64. The zero-order valence-corrected chi connectivity index (χ0v) is 11.2. The number of likely N-dealkylation sites (N-methyl/N-ethyl adjacent to an activating group) is 1. The number of rotatable bonds is 3. The summed E-state index contributed by atoms with van der Waals surface area (Å²) in [5, 5.41) is 3.45. The van der Waals surface area contributed by atoms with Gasteiger partial charge in [0.2, 0.25) is 0 Å². The smallest absolute Gasteiger partial charge is 0.128 e. The SMILES string of the molecule is CCN1CCCC(Nc2cc(C)c(F)cc2N)C1. The lowest BCUT2D eigenvalue weighted by Crippen LogP contribution is -2.41. The zero-order valence-electron chi connectivity index (χ0n) is 11.2. The highest BCUT2D eigenvalue weighted by Crippen LogP contribution is 2.25. The molecular formula is C14H22FN3. The third kappa shape index (κ3) is 2.93. The minimum absolute atomic E-state index is 0.239. The topological polar surface area (TPSA) is 41.3 Å². The molecule has 100 valence electrons. The quantitative estimate of drug-likeness (QED) is 0.811. The van der Waals surface area contributed by atoms with Gasteiger partial charge in [-0.3, -0.25) is 0 Å². The number of nitrogens with two attached hydrogens (primary N) is 1. The third-order valence-corrected chi connectivity index (χ3v) is 3.64. The molecule has 18 heavy (non-hydrogen) atoms. The number of anilines is 2. The van der Waals surface area contributed by atoms with Gasteiger partial charge in [0.15, 0.2) is 0 Å². The Morgan fingerprint density at radius 1 is 1.50 bits per heavy atom. The van der Waals surface area contributed by atoms with Crippen molar-refractivity contribution >= 4 is 11.4 Å². The molecule has 0 aromatic heterocycles. The fourth-order valence-corrected chi connectivity index (χ4v) is 2.50. The molecule has 1 aliphatic rings. The second-order valence-electron chi connectivity index (χ2n) is 5.07. The maximum atomic E-state index is 13.3. The lowest BCUT2D eigenvalue weighted by Gasteiger charge is -2.33. The van der Waals surface area contributed by atoms with Crippen LogP contribution in [0.25, 0.3) is 0 Å². The summed E-state index contributed by atoms with van der Waals surface area (Å²) in [5.41, 5.74) is 7.84. The standard InChI is InChI=1S/C14H22FN3/c1-3-18-6-4-5-11(9-18)17-14-7-10(2)12(15)8-13(14)16/h7-8,11,17H,3-6,9,16H2,1-2H3. The van der Waals surface area contributed by atoms with E-state index in [1.165, 1.54) is 19.0 Å². The molecule has 0 radical (unpaired) electrons. The molecule has 1 unspecified atom stereocenters. The normalized spacial score (nSPS) is 20.9. The number of aryl methyl sites for hydroxylation is 1. The van der Waals surface area contributed by atoms with Crippen molar-refractivity contribution in [3.63, 3.8) is 0 Å². The minimum Gasteiger partial charge on any atom is -0.397 e. The van der Waals surface area contributed by atoms with E-state index in [-0.39, 0.29) is 5.82 Å². The first-order valence-corrected chi connectivity index (χ1v) is 6.64. The summed E-state index contributed by atoms with van der Waals surface area (Å²) in [4.78, 5) is 2.42. The molecule has 0 amide bonds. The van der Waals surface area contributed by atoms with E-state index in [0.29, 0.717) is 17.3 Å². The number of nitrogen functional groups attached to an aromatic ring is 1. The summed E-state index contributed by atoms with van der Waals surface area (Å²) in [7, 11) is 0. The number of hydrogen-bond donors (Lipinski definition) is 2. The number of piperidine rings is 1. The molecule has 1 aromatic carbocycles. The van der Waals surface area contributed by atoms with Gasteiger partial charge in [-0.05, 0) is 50.6 Å². The van der Waals surface area contributed by atoms with Gasteiger partial charge in [-0.1, -0.05) is 6.92 Å². The molecule has 0 aliphatic carbocycles. The maximum Gasteiger partial charge on any atom is 0.128 e. The van der Waals surface area contributed by atoms with Crippen molar-refractivity contribution in [2.45, 2.75) is 32.7 Å². The highest BCUT2D eigenvalue weighted by atomic mass is 19.1. The van der Waals surface area contributed by atoms with Gasteiger partial charge in [-0.2, -0.15) is 0 Å². The summed E-state index contributed by atoms with van der Waals surface area (Å²) >= 11 is 0. The van der Waals surface area contributed by atoms with E-state index >= 15 is 0 Å². The second-order valence-corrected chi connectivity index (χ2v) is 5.07. The number of nitrogens with one attached hydrogen (secondary N) is 1. The van der Waals surface area contributed by atoms with Crippen molar-refractivity contribution in [3.8, 4) is 0 Å². The first kappa shape index (κ1) is 13.1. The lowest BCUT2D eigenvalue weighted by molar-refractivity contribution is 0.227. The molecule has 1 aromatic rings. The molecule has 1 atom stereocenters. The monoisotopic (exact) mass is 251 g/mol. The molecule has 3 N–H and O–H groups in total. The molecule has 0 saturated carbocycles. The van der Waals surface area contributed by atoms with E-state index in [2.05, 4.69) is 17.1 Å². The van der Waals surface area contributed by atoms with E-state index in [4.69, 9.17) is 5.73 Å². The average Bonchev–Trinajstić information content (AvgIpc) is 2.36. The summed E-state index contributed by atoms with van der Waals surface area (Å²) in [6, 6.07) is 3.61. The zero-order chi connectivity index (χ0) is 13.1. The van der Waals surface area contributed by atoms with Crippen LogP contribution in [0.15, 0.2) is 12.1 Å². The molecule has 1 fully saturated rings. The van der Waals surface area contributed by atoms with Gasteiger partial charge in [0.05, 0.1) is 11.4 Å². The Morgan fingerprint density at radius 2 is 2.28 bits per heavy atom. The van der Waals surface area contributed by atoms with E-state index in [1.54, 1.807) is 13.0 Å². The van der Waals surface area contributed by atoms with Crippen LogP contribution in [0.2, 0.25) is 0 Å². The van der Waals surface area contributed by atoms with Gasteiger partial charge >= 0.3 is 0 Å². The van der Waals surface area contributed by atoms with Crippen molar-refractivity contribution in [1.29, 1.82) is 0 Å². The van der Waals surface area contributed by atoms with Crippen molar-refractivity contribution < 1.29 is 4.39 Å². The van der Waals surface area contributed by atoms with Crippen LogP contribution in [0.5, 0.6) is 0 Å². The molecule has 0 bridgehead atoms. The summed E-state index contributed by atoms with van der Waals surface area (Å²) in [6.45, 7) is 7.23.